The Balaban J connectivity index is 2.91. The molecule has 0 amide bonds. The summed E-state index contributed by atoms with van der Waals surface area (Å²) in [5, 5.41) is 0. The summed E-state index contributed by atoms with van der Waals surface area (Å²) in [6.07, 6.45) is 9.22. The van der Waals surface area contributed by atoms with Gasteiger partial charge in [-0.2, -0.15) is 0 Å². The second kappa shape index (κ2) is 10.5. The maximum absolute atomic E-state index is 2.47. The van der Waals surface area contributed by atoms with Gasteiger partial charge in [-0.3, -0.25) is 0 Å². The van der Waals surface area contributed by atoms with E-state index in [1.54, 1.807) is 0 Å². The molecule has 0 aliphatic heterocycles. The van der Waals surface area contributed by atoms with E-state index in [4.69, 9.17) is 0 Å². The molecule has 0 nitrogen and oxygen atoms in total. The molecule has 0 bridgehead atoms. The van der Waals surface area contributed by atoms with Gasteiger partial charge in [-0.25, -0.2) is 0 Å². The normalized spacial score (nSPS) is 11.1. The van der Waals surface area contributed by atoms with E-state index in [-0.39, 0.29) is 20.9 Å². The summed E-state index contributed by atoms with van der Waals surface area (Å²) in [6.45, 7) is 4.52. The molecule has 0 aromatic carbocycles. The van der Waals surface area contributed by atoms with Crippen molar-refractivity contribution in [3.05, 3.63) is 10.2 Å². The molecule has 0 aromatic heterocycles. The Morgan fingerprint density at radius 3 is 2.45 bits per heavy atom. The summed E-state index contributed by atoms with van der Waals surface area (Å²) in [5.41, 5.74) is 0. The van der Waals surface area contributed by atoms with Gasteiger partial charge in [-0.1, -0.05) is 0 Å². The van der Waals surface area contributed by atoms with E-state index in [1.165, 1.54) is 36.6 Å². The van der Waals surface area contributed by atoms with Gasteiger partial charge in [0.25, 0.3) is 0 Å². The van der Waals surface area contributed by atoms with Gasteiger partial charge in [-0.15, -0.1) is 0 Å². The Morgan fingerprint density at radius 2 is 1.82 bits per heavy atom. The van der Waals surface area contributed by atoms with Crippen LogP contribution in [0.15, 0.2) is 10.2 Å². The van der Waals surface area contributed by atoms with Crippen LogP contribution in [0, 0.1) is 0 Å². The quantitative estimate of drug-likeness (QED) is 0.488. The summed E-state index contributed by atoms with van der Waals surface area (Å²) < 4.78 is 3.97. The fourth-order valence-electron chi connectivity index (χ4n) is 0.754. The topological polar surface area (TPSA) is 0 Å². The Bertz CT molecular complexity index is 86.9. The minimum atomic E-state index is 0.262. The van der Waals surface area contributed by atoms with E-state index in [1.807, 2.05) is 0 Å². The predicted molar refractivity (Wildman–Crippen MR) is 54.1 cm³/mol. The van der Waals surface area contributed by atoms with Crippen molar-refractivity contribution in [1.29, 1.82) is 0 Å². The van der Waals surface area contributed by atoms with Crippen molar-refractivity contribution in [2.24, 2.45) is 0 Å². The number of unbranched alkanes of at least 4 members (excludes halogenated alkanes) is 3. The molecule has 0 unspecified atom stereocenters. The van der Waals surface area contributed by atoms with Crippen molar-refractivity contribution < 1.29 is 0 Å². The van der Waals surface area contributed by atoms with Crippen molar-refractivity contribution in [1.82, 2.24) is 0 Å². The molecule has 66 valence electrons. The van der Waals surface area contributed by atoms with Crippen molar-refractivity contribution in [2.45, 2.75) is 50.4 Å². The molecule has 0 saturated carbocycles. The summed E-state index contributed by atoms with van der Waals surface area (Å²) in [6, 6.07) is 0. The molecule has 0 atom stereocenters. The molecule has 0 aliphatic carbocycles. The van der Waals surface area contributed by atoms with Gasteiger partial charge >= 0.3 is 81.5 Å². The molecule has 0 heterocycles. The van der Waals surface area contributed by atoms with Crippen LogP contribution >= 0.6 is 0 Å². The van der Waals surface area contributed by atoms with Crippen molar-refractivity contribution >= 4 is 20.9 Å². The monoisotopic (exact) mass is 270 g/mol. The number of allylic oxidation sites excluding steroid dienone is 1. The van der Waals surface area contributed by atoms with Crippen LogP contribution in [0.2, 0.25) is 4.47 Å². The molecule has 0 saturated heterocycles. The Labute approximate surface area is 81.5 Å². The van der Waals surface area contributed by atoms with Crippen LogP contribution in [0.5, 0.6) is 0 Å². The van der Waals surface area contributed by atoms with E-state index in [2.05, 4.69) is 24.0 Å². The Morgan fingerprint density at radius 1 is 1.09 bits per heavy atom. The average Bonchev–Trinajstić information content (AvgIpc) is 2.03. The van der Waals surface area contributed by atoms with Gasteiger partial charge in [0.2, 0.25) is 0 Å². The van der Waals surface area contributed by atoms with Crippen LogP contribution in [0.4, 0.5) is 0 Å². The van der Waals surface area contributed by atoms with Crippen LogP contribution in [-0.2, 0) is 0 Å². The molecule has 0 aromatic rings. The average molecular weight is 268 g/mol. The molecular formula is C10H20Te. The molecule has 0 rings (SSSR count). The molecule has 0 radical (unpaired) electrons. The van der Waals surface area contributed by atoms with Crippen molar-refractivity contribution in [2.75, 3.05) is 0 Å². The molecule has 11 heavy (non-hydrogen) atoms. The summed E-state index contributed by atoms with van der Waals surface area (Å²) >= 11 is 0.262. The molecule has 1 heteroatoms. The van der Waals surface area contributed by atoms with E-state index in [9.17, 15) is 0 Å². The van der Waals surface area contributed by atoms with Crippen LogP contribution < -0.4 is 0 Å². The van der Waals surface area contributed by atoms with Crippen LogP contribution in [0.25, 0.3) is 0 Å². The first-order chi connectivity index (χ1) is 5.41. The van der Waals surface area contributed by atoms with Crippen LogP contribution in [0.1, 0.15) is 46.0 Å². The third-order valence-electron chi connectivity index (χ3n) is 1.53. The standard InChI is InChI=1S/C10H20Te/c1-3-5-7-8-10-11-9-6-4-2/h8,10H,3-7,9H2,1-2H3/b10-8-. The molecule has 0 aliphatic rings. The van der Waals surface area contributed by atoms with E-state index >= 15 is 0 Å². The first-order valence-corrected chi connectivity index (χ1v) is 7.67. The zero-order chi connectivity index (χ0) is 8.36. The minimum absolute atomic E-state index is 0.262. The van der Waals surface area contributed by atoms with Gasteiger partial charge in [0.15, 0.2) is 0 Å². The SMILES string of the molecule is CCCC/C=C\[Te]CCCC. The molecular weight excluding hydrogens is 248 g/mol. The van der Waals surface area contributed by atoms with Gasteiger partial charge < -0.3 is 0 Å². The third-order valence-corrected chi connectivity index (χ3v) is 4.13. The third kappa shape index (κ3) is 10.5. The second-order valence-electron chi connectivity index (χ2n) is 2.74. The molecule has 0 spiro atoms. The number of hydrogen-bond acceptors (Lipinski definition) is 0. The molecule has 0 fully saturated rings. The maximum atomic E-state index is 2.47. The molecule has 0 N–H and O–H groups in total. The van der Waals surface area contributed by atoms with E-state index < -0.39 is 0 Å². The summed E-state index contributed by atoms with van der Waals surface area (Å²) in [7, 11) is 0. The zero-order valence-electron chi connectivity index (χ0n) is 7.81. The van der Waals surface area contributed by atoms with Crippen LogP contribution in [0.3, 0.4) is 0 Å². The van der Waals surface area contributed by atoms with Gasteiger partial charge in [0.05, 0.1) is 0 Å². The first kappa shape index (κ1) is 11.5. The summed E-state index contributed by atoms with van der Waals surface area (Å²) in [4.78, 5) is 0. The predicted octanol–water partition coefficient (Wildman–Crippen LogP) is 3.61. The Kier molecular flexibility index (Phi) is 11.0. The Hall–Kier alpha value is 0.530. The van der Waals surface area contributed by atoms with E-state index in [0.717, 1.165) is 0 Å². The second-order valence-corrected chi connectivity index (χ2v) is 5.63. The number of hydrogen-bond donors (Lipinski definition) is 0. The van der Waals surface area contributed by atoms with Gasteiger partial charge in [0, 0.05) is 0 Å². The van der Waals surface area contributed by atoms with Crippen LogP contribution in [-0.4, -0.2) is 20.9 Å². The van der Waals surface area contributed by atoms with Crippen molar-refractivity contribution in [3.63, 3.8) is 0 Å². The first-order valence-electron chi connectivity index (χ1n) is 4.68. The van der Waals surface area contributed by atoms with Gasteiger partial charge in [0.1, 0.15) is 0 Å². The summed E-state index contributed by atoms with van der Waals surface area (Å²) in [5.74, 6) is 0. The fraction of sp³-hybridized carbons (Fsp3) is 0.800. The van der Waals surface area contributed by atoms with E-state index in [0.29, 0.717) is 0 Å². The zero-order valence-corrected chi connectivity index (χ0v) is 10.1. The van der Waals surface area contributed by atoms with Gasteiger partial charge in [-0.05, 0) is 0 Å². The number of rotatable bonds is 7. The van der Waals surface area contributed by atoms with Crippen molar-refractivity contribution in [3.8, 4) is 0 Å². The fourth-order valence-corrected chi connectivity index (χ4v) is 3.22.